The second kappa shape index (κ2) is 6.10. The van der Waals surface area contributed by atoms with Crippen LogP contribution in [0.4, 0.5) is 8.78 Å². The van der Waals surface area contributed by atoms with Crippen LogP contribution in [-0.2, 0) is 0 Å². The molecule has 1 aliphatic carbocycles. The number of alkyl halides is 2. The van der Waals surface area contributed by atoms with Gasteiger partial charge in [-0.15, -0.1) is 0 Å². The highest BCUT2D eigenvalue weighted by molar-refractivity contribution is 14.1. The van der Waals surface area contributed by atoms with Gasteiger partial charge in [-0.25, -0.2) is 11.9 Å². The lowest BCUT2D eigenvalue weighted by Crippen LogP contribution is -2.60. The van der Waals surface area contributed by atoms with Crippen molar-refractivity contribution < 1.29 is 8.78 Å². The van der Waals surface area contributed by atoms with Crippen LogP contribution in [0.25, 0.3) is 0 Å². The van der Waals surface area contributed by atoms with Crippen molar-refractivity contribution in [2.24, 2.45) is 5.92 Å². The Balaban J connectivity index is 1.90. The molecule has 0 spiro atoms. The van der Waals surface area contributed by atoms with E-state index in [-0.39, 0.29) is 6.54 Å². The third-order valence-electron chi connectivity index (χ3n) is 4.09. The molecule has 2 aliphatic rings. The SMILES string of the molecule is C[C@H]1CC[C@H](N(CC(F)F)C2CN(I)C2)CC1. The number of halogens is 3. The molecule has 0 bridgehead atoms. The molecule has 2 rings (SSSR count). The number of hydrogen-bond acceptors (Lipinski definition) is 2. The van der Waals surface area contributed by atoms with E-state index in [9.17, 15) is 8.78 Å². The summed E-state index contributed by atoms with van der Waals surface area (Å²) in [6.45, 7) is 4.12. The zero-order valence-electron chi connectivity index (χ0n) is 10.3. The fourth-order valence-electron chi connectivity index (χ4n) is 2.94. The van der Waals surface area contributed by atoms with Crippen LogP contribution in [0.5, 0.6) is 0 Å². The topological polar surface area (TPSA) is 6.48 Å². The quantitative estimate of drug-likeness (QED) is 0.563. The van der Waals surface area contributed by atoms with Gasteiger partial charge in [-0.05, 0) is 31.6 Å². The fraction of sp³-hybridized carbons (Fsp3) is 1.00. The molecule has 2 fully saturated rings. The minimum atomic E-state index is -2.20. The van der Waals surface area contributed by atoms with Crippen LogP contribution in [0.15, 0.2) is 0 Å². The number of nitrogens with zero attached hydrogens (tertiary/aromatic N) is 2. The molecule has 1 saturated heterocycles. The second-order valence-electron chi connectivity index (χ2n) is 5.48. The first kappa shape index (κ1) is 13.9. The highest BCUT2D eigenvalue weighted by Gasteiger charge is 2.36. The molecular weight excluding hydrogens is 337 g/mol. The Morgan fingerprint density at radius 2 is 1.76 bits per heavy atom. The molecule has 1 heterocycles. The van der Waals surface area contributed by atoms with E-state index in [1.165, 1.54) is 12.8 Å². The van der Waals surface area contributed by atoms with Crippen LogP contribution in [0, 0.1) is 5.92 Å². The van der Waals surface area contributed by atoms with Gasteiger partial charge in [-0.1, -0.05) is 6.92 Å². The fourth-order valence-corrected chi connectivity index (χ4v) is 3.85. The van der Waals surface area contributed by atoms with Gasteiger partial charge in [0.15, 0.2) is 0 Å². The van der Waals surface area contributed by atoms with Crippen molar-refractivity contribution in [3.63, 3.8) is 0 Å². The van der Waals surface area contributed by atoms with E-state index < -0.39 is 6.43 Å². The predicted octanol–water partition coefficient (Wildman–Crippen LogP) is 3.17. The lowest BCUT2D eigenvalue weighted by molar-refractivity contribution is -0.00690. The molecule has 0 atom stereocenters. The zero-order chi connectivity index (χ0) is 12.4. The van der Waals surface area contributed by atoms with Crippen molar-refractivity contribution in [2.75, 3.05) is 19.6 Å². The molecule has 0 amide bonds. The lowest BCUT2D eigenvalue weighted by Gasteiger charge is -2.47. The van der Waals surface area contributed by atoms with Gasteiger partial charge < -0.3 is 0 Å². The van der Waals surface area contributed by atoms with Gasteiger partial charge in [0.2, 0.25) is 0 Å². The highest BCUT2D eigenvalue weighted by Crippen LogP contribution is 2.31. The molecule has 0 unspecified atom stereocenters. The first-order chi connectivity index (χ1) is 8.06. The molecule has 0 aromatic rings. The maximum Gasteiger partial charge on any atom is 0.251 e. The molecule has 0 radical (unpaired) electrons. The van der Waals surface area contributed by atoms with Gasteiger partial charge in [0.1, 0.15) is 0 Å². The minimum Gasteiger partial charge on any atom is -0.289 e. The summed E-state index contributed by atoms with van der Waals surface area (Å²) in [5.41, 5.74) is 0. The van der Waals surface area contributed by atoms with E-state index in [0.717, 1.165) is 31.8 Å². The zero-order valence-corrected chi connectivity index (χ0v) is 12.4. The molecular formula is C12H21F2IN2. The third kappa shape index (κ3) is 3.73. The Morgan fingerprint density at radius 1 is 1.18 bits per heavy atom. The Kier molecular flexibility index (Phi) is 5.00. The Morgan fingerprint density at radius 3 is 2.24 bits per heavy atom. The minimum absolute atomic E-state index is 0.0335. The smallest absolute Gasteiger partial charge is 0.251 e. The first-order valence-corrected chi connectivity index (χ1v) is 7.47. The van der Waals surface area contributed by atoms with Crippen LogP contribution in [0.2, 0.25) is 0 Å². The highest BCUT2D eigenvalue weighted by atomic mass is 127. The van der Waals surface area contributed by atoms with Gasteiger partial charge in [0, 0.05) is 48.0 Å². The van der Waals surface area contributed by atoms with Crippen LogP contribution < -0.4 is 0 Å². The maximum absolute atomic E-state index is 12.7. The number of hydrogen-bond donors (Lipinski definition) is 0. The van der Waals surface area contributed by atoms with Crippen molar-refractivity contribution in [3.05, 3.63) is 0 Å². The van der Waals surface area contributed by atoms with Gasteiger partial charge in [0.25, 0.3) is 6.43 Å². The van der Waals surface area contributed by atoms with Crippen molar-refractivity contribution >= 4 is 22.9 Å². The van der Waals surface area contributed by atoms with Gasteiger partial charge in [-0.3, -0.25) is 4.90 Å². The second-order valence-corrected chi connectivity index (χ2v) is 6.85. The number of rotatable bonds is 4. The molecule has 17 heavy (non-hydrogen) atoms. The standard InChI is InChI=1S/C12H21F2IN2/c1-9-2-4-10(5-3-9)17(8-12(13)14)11-6-16(15)7-11/h9-12H,2-8H2,1H3/t9-,10-. The molecule has 2 nitrogen and oxygen atoms in total. The Labute approximate surface area is 116 Å². The van der Waals surface area contributed by atoms with Crippen molar-refractivity contribution in [1.29, 1.82) is 0 Å². The van der Waals surface area contributed by atoms with Crippen LogP contribution >= 0.6 is 22.9 Å². The third-order valence-corrected chi connectivity index (χ3v) is 4.88. The molecule has 0 N–H and O–H groups in total. The summed E-state index contributed by atoms with van der Waals surface area (Å²) in [5.74, 6) is 0.780. The van der Waals surface area contributed by atoms with Crippen LogP contribution in [0.3, 0.4) is 0 Å². The summed E-state index contributed by atoms with van der Waals surface area (Å²) in [4.78, 5) is 2.09. The van der Waals surface area contributed by atoms with E-state index in [1.807, 2.05) is 0 Å². The lowest BCUT2D eigenvalue weighted by atomic mass is 9.85. The molecule has 1 aliphatic heterocycles. The van der Waals surface area contributed by atoms with Gasteiger partial charge >= 0.3 is 0 Å². The van der Waals surface area contributed by atoms with Crippen LogP contribution in [-0.4, -0.2) is 46.2 Å². The summed E-state index contributed by atoms with van der Waals surface area (Å²) in [7, 11) is 0. The summed E-state index contributed by atoms with van der Waals surface area (Å²) in [5, 5.41) is 0. The van der Waals surface area contributed by atoms with E-state index in [2.05, 4.69) is 37.8 Å². The predicted molar refractivity (Wildman–Crippen MR) is 73.5 cm³/mol. The average Bonchev–Trinajstić information content (AvgIpc) is 2.23. The van der Waals surface area contributed by atoms with Crippen molar-refractivity contribution in [1.82, 2.24) is 8.01 Å². The molecule has 5 heteroatoms. The summed E-state index contributed by atoms with van der Waals surface area (Å²) in [6, 6.07) is 0.759. The van der Waals surface area contributed by atoms with Crippen molar-refractivity contribution in [2.45, 2.75) is 51.1 Å². The first-order valence-electron chi connectivity index (χ1n) is 6.51. The summed E-state index contributed by atoms with van der Waals surface area (Å²) < 4.78 is 27.5. The van der Waals surface area contributed by atoms with E-state index in [4.69, 9.17) is 0 Å². The maximum atomic E-state index is 12.7. The van der Waals surface area contributed by atoms with Gasteiger partial charge in [-0.2, -0.15) is 0 Å². The van der Waals surface area contributed by atoms with Gasteiger partial charge in [0.05, 0.1) is 6.54 Å². The van der Waals surface area contributed by atoms with E-state index in [1.54, 1.807) is 0 Å². The molecule has 0 aromatic heterocycles. The molecule has 0 aromatic carbocycles. The van der Waals surface area contributed by atoms with E-state index >= 15 is 0 Å². The van der Waals surface area contributed by atoms with Crippen LogP contribution in [0.1, 0.15) is 32.6 Å². The Bertz CT molecular complexity index is 239. The monoisotopic (exact) mass is 358 g/mol. The summed E-state index contributed by atoms with van der Waals surface area (Å²) in [6.07, 6.45) is 2.41. The summed E-state index contributed by atoms with van der Waals surface area (Å²) >= 11 is 2.27. The van der Waals surface area contributed by atoms with E-state index in [0.29, 0.717) is 12.1 Å². The molecule has 1 saturated carbocycles. The largest absolute Gasteiger partial charge is 0.289 e. The normalized spacial score (nSPS) is 32.1. The molecule has 100 valence electrons. The average molecular weight is 358 g/mol. The van der Waals surface area contributed by atoms with Crippen molar-refractivity contribution in [3.8, 4) is 0 Å². The Hall–Kier alpha value is 0.510.